The van der Waals surface area contributed by atoms with Gasteiger partial charge in [0, 0.05) is 35.9 Å². The van der Waals surface area contributed by atoms with E-state index in [1.54, 1.807) is 0 Å². The SMILES string of the molecule is Cc1nc(SCC(=O)NCCc2c[nH]c3ccccc23)n(CC(C)C)c1C. The Bertz CT molecular complexity index is 926. The maximum absolute atomic E-state index is 12.3. The number of H-pyrrole nitrogens is 1. The molecule has 2 N–H and O–H groups in total. The highest BCUT2D eigenvalue weighted by Gasteiger charge is 2.14. The number of aryl methyl sites for hydroxylation is 1. The Labute approximate surface area is 165 Å². The van der Waals surface area contributed by atoms with Gasteiger partial charge in [0.2, 0.25) is 5.91 Å². The van der Waals surface area contributed by atoms with Gasteiger partial charge in [-0.15, -0.1) is 0 Å². The molecule has 0 radical (unpaired) electrons. The van der Waals surface area contributed by atoms with Crippen molar-refractivity contribution in [1.29, 1.82) is 0 Å². The number of benzene rings is 1. The lowest BCUT2D eigenvalue weighted by Crippen LogP contribution is -2.27. The van der Waals surface area contributed by atoms with E-state index in [4.69, 9.17) is 0 Å². The number of aromatic amines is 1. The van der Waals surface area contributed by atoms with Crippen LogP contribution in [0.2, 0.25) is 0 Å². The molecule has 0 aliphatic heterocycles. The molecule has 2 aromatic heterocycles. The predicted octanol–water partition coefficient (Wildman–Crippen LogP) is 4.09. The van der Waals surface area contributed by atoms with E-state index in [1.165, 1.54) is 28.4 Å². The normalized spacial score (nSPS) is 11.4. The highest BCUT2D eigenvalue weighted by Crippen LogP contribution is 2.22. The molecule has 0 unspecified atom stereocenters. The fourth-order valence-corrected chi connectivity index (χ4v) is 4.10. The number of imidazole rings is 1. The molecule has 0 aliphatic rings. The van der Waals surface area contributed by atoms with Gasteiger partial charge < -0.3 is 14.9 Å². The summed E-state index contributed by atoms with van der Waals surface area (Å²) in [5.74, 6) is 0.984. The Morgan fingerprint density at radius 1 is 1.30 bits per heavy atom. The largest absolute Gasteiger partial charge is 0.361 e. The number of nitrogens with zero attached hydrogens (tertiary/aromatic N) is 2. The molecule has 144 valence electrons. The van der Waals surface area contributed by atoms with Crippen LogP contribution >= 0.6 is 11.8 Å². The van der Waals surface area contributed by atoms with Crippen molar-refractivity contribution >= 4 is 28.6 Å². The molecule has 1 amide bonds. The number of hydrogen-bond acceptors (Lipinski definition) is 3. The van der Waals surface area contributed by atoms with E-state index in [9.17, 15) is 4.79 Å². The van der Waals surface area contributed by atoms with Crippen molar-refractivity contribution in [2.24, 2.45) is 5.92 Å². The van der Waals surface area contributed by atoms with Crippen LogP contribution in [0, 0.1) is 19.8 Å². The van der Waals surface area contributed by atoms with Crippen LogP contribution in [0.25, 0.3) is 10.9 Å². The van der Waals surface area contributed by atoms with Crippen molar-refractivity contribution in [3.05, 3.63) is 47.4 Å². The first-order valence-corrected chi connectivity index (χ1v) is 10.4. The van der Waals surface area contributed by atoms with E-state index in [0.717, 1.165) is 29.3 Å². The number of amides is 1. The third-order valence-electron chi connectivity index (χ3n) is 4.69. The summed E-state index contributed by atoms with van der Waals surface area (Å²) >= 11 is 1.52. The molecule has 0 saturated heterocycles. The number of thioether (sulfide) groups is 1. The van der Waals surface area contributed by atoms with Crippen molar-refractivity contribution in [2.75, 3.05) is 12.3 Å². The minimum atomic E-state index is 0.0502. The molecular weight excluding hydrogens is 356 g/mol. The van der Waals surface area contributed by atoms with Gasteiger partial charge in [0.15, 0.2) is 5.16 Å². The summed E-state index contributed by atoms with van der Waals surface area (Å²) in [7, 11) is 0. The highest BCUT2D eigenvalue weighted by molar-refractivity contribution is 7.99. The average molecular weight is 385 g/mol. The van der Waals surface area contributed by atoms with Crippen LogP contribution in [0.4, 0.5) is 0 Å². The maximum Gasteiger partial charge on any atom is 0.230 e. The highest BCUT2D eigenvalue weighted by atomic mass is 32.2. The van der Waals surface area contributed by atoms with Crippen LogP contribution < -0.4 is 5.32 Å². The summed E-state index contributed by atoms with van der Waals surface area (Å²) in [6.45, 7) is 10.1. The molecule has 0 bridgehead atoms. The van der Waals surface area contributed by atoms with Crippen LogP contribution in [0.3, 0.4) is 0 Å². The number of fused-ring (bicyclic) bond motifs is 1. The van der Waals surface area contributed by atoms with Gasteiger partial charge in [0.1, 0.15) is 0 Å². The lowest BCUT2D eigenvalue weighted by molar-refractivity contribution is -0.118. The minimum absolute atomic E-state index is 0.0502. The molecule has 3 rings (SSSR count). The Balaban J connectivity index is 1.51. The van der Waals surface area contributed by atoms with Gasteiger partial charge in [-0.3, -0.25) is 4.79 Å². The number of carbonyl (C=O) groups is 1. The van der Waals surface area contributed by atoms with Gasteiger partial charge in [-0.05, 0) is 37.8 Å². The number of aromatic nitrogens is 3. The summed E-state index contributed by atoms with van der Waals surface area (Å²) < 4.78 is 2.23. The van der Waals surface area contributed by atoms with Crippen LogP contribution in [-0.2, 0) is 17.8 Å². The van der Waals surface area contributed by atoms with Crippen LogP contribution in [0.1, 0.15) is 30.8 Å². The van der Waals surface area contributed by atoms with E-state index in [0.29, 0.717) is 18.2 Å². The van der Waals surface area contributed by atoms with Gasteiger partial charge in [-0.1, -0.05) is 43.8 Å². The van der Waals surface area contributed by atoms with Crippen molar-refractivity contribution in [1.82, 2.24) is 19.9 Å². The third kappa shape index (κ3) is 4.75. The number of para-hydroxylation sites is 1. The zero-order valence-electron chi connectivity index (χ0n) is 16.5. The summed E-state index contributed by atoms with van der Waals surface area (Å²) in [6, 6.07) is 8.24. The molecule has 2 heterocycles. The summed E-state index contributed by atoms with van der Waals surface area (Å²) in [5.41, 5.74) is 4.60. The first-order valence-electron chi connectivity index (χ1n) is 9.44. The summed E-state index contributed by atoms with van der Waals surface area (Å²) in [5, 5.41) is 5.19. The van der Waals surface area contributed by atoms with E-state index < -0.39 is 0 Å². The smallest absolute Gasteiger partial charge is 0.230 e. The van der Waals surface area contributed by atoms with E-state index >= 15 is 0 Å². The van der Waals surface area contributed by atoms with Gasteiger partial charge in [-0.25, -0.2) is 4.98 Å². The second-order valence-corrected chi connectivity index (χ2v) is 8.26. The Kier molecular flexibility index (Phi) is 6.26. The average Bonchev–Trinajstić information content (AvgIpc) is 3.16. The molecule has 3 aromatic rings. The standard InChI is InChI=1S/C21H28N4OS/c1-14(2)12-25-16(4)15(3)24-21(25)27-13-20(26)22-10-9-17-11-23-19-8-6-5-7-18(17)19/h5-8,11,14,23H,9-10,12-13H2,1-4H3,(H,22,26). The van der Waals surface area contributed by atoms with Crippen molar-refractivity contribution in [2.45, 2.75) is 45.8 Å². The van der Waals surface area contributed by atoms with E-state index in [2.05, 4.69) is 52.8 Å². The van der Waals surface area contributed by atoms with Gasteiger partial charge in [-0.2, -0.15) is 0 Å². The quantitative estimate of drug-likeness (QED) is 0.575. The Morgan fingerprint density at radius 2 is 2.07 bits per heavy atom. The van der Waals surface area contributed by atoms with Gasteiger partial charge >= 0.3 is 0 Å². The number of hydrogen-bond donors (Lipinski definition) is 2. The zero-order valence-corrected chi connectivity index (χ0v) is 17.3. The lowest BCUT2D eigenvalue weighted by Gasteiger charge is -2.12. The Morgan fingerprint density at radius 3 is 2.85 bits per heavy atom. The molecule has 0 saturated carbocycles. The summed E-state index contributed by atoms with van der Waals surface area (Å²) in [6.07, 6.45) is 2.85. The molecule has 5 nitrogen and oxygen atoms in total. The molecule has 0 spiro atoms. The lowest BCUT2D eigenvalue weighted by atomic mass is 10.1. The predicted molar refractivity (Wildman–Crippen MR) is 112 cm³/mol. The first-order chi connectivity index (χ1) is 13.0. The fraction of sp³-hybridized carbons (Fsp3) is 0.429. The molecular formula is C21H28N4OS. The van der Waals surface area contributed by atoms with E-state index in [-0.39, 0.29) is 5.91 Å². The van der Waals surface area contributed by atoms with Crippen molar-refractivity contribution in [3.63, 3.8) is 0 Å². The monoisotopic (exact) mass is 384 g/mol. The number of rotatable bonds is 8. The van der Waals surface area contributed by atoms with Crippen LogP contribution in [-0.4, -0.2) is 32.7 Å². The van der Waals surface area contributed by atoms with Gasteiger partial charge in [0.25, 0.3) is 0 Å². The van der Waals surface area contributed by atoms with Crippen molar-refractivity contribution in [3.8, 4) is 0 Å². The van der Waals surface area contributed by atoms with Crippen molar-refractivity contribution < 1.29 is 4.79 Å². The Hall–Kier alpha value is -2.21. The second kappa shape index (κ2) is 8.65. The molecule has 1 aromatic carbocycles. The zero-order chi connectivity index (χ0) is 19.4. The fourth-order valence-electron chi connectivity index (χ4n) is 3.17. The number of nitrogens with one attached hydrogen (secondary N) is 2. The first kappa shape index (κ1) is 19.5. The van der Waals surface area contributed by atoms with Crippen LogP contribution in [0.15, 0.2) is 35.6 Å². The molecule has 27 heavy (non-hydrogen) atoms. The third-order valence-corrected chi connectivity index (χ3v) is 5.67. The topological polar surface area (TPSA) is 62.7 Å². The second-order valence-electron chi connectivity index (χ2n) is 7.32. The van der Waals surface area contributed by atoms with Gasteiger partial charge in [0.05, 0.1) is 11.4 Å². The van der Waals surface area contributed by atoms with E-state index in [1.807, 2.05) is 25.3 Å². The van der Waals surface area contributed by atoms with Crippen LogP contribution in [0.5, 0.6) is 0 Å². The molecule has 0 atom stereocenters. The minimum Gasteiger partial charge on any atom is -0.361 e. The number of carbonyl (C=O) groups excluding carboxylic acids is 1. The summed E-state index contributed by atoms with van der Waals surface area (Å²) in [4.78, 5) is 20.2. The molecule has 0 aliphatic carbocycles. The maximum atomic E-state index is 12.3. The molecule has 6 heteroatoms. The molecule has 0 fully saturated rings.